The van der Waals surface area contributed by atoms with Crippen molar-refractivity contribution in [3.63, 3.8) is 0 Å². The summed E-state index contributed by atoms with van der Waals surface area (Å²) < 4.78 is 0. The lowest BCUT2D eigenvalue weighted by atomic mass is 10.0. The first-order valence-electron chi connectivity index (χ1n) is 9.01. The van der Waals surface area contributed by atoms with Crippen molar-refractivity contribution in [2.45, 2.75) is 26.4 Å². The molecule has 2 N–H and O–H groups in total. The average Bonchev–Trinajstić information content (AvgIpc) is 3.20. The molecule has 2 aromatic carbocycles. The molecular weight excluding hydrogens is 340 g/mol. The van der Waals surface area contributed by atoms with Crippen LogP contribution >= 0.6 is 11.3 Å². The van der Waals surface area contributed by atoms with Crippen molar-refractivity contribution in [1.82, 2.24) is 0 Å². The number of benzene rings is 2. The normalized spacial score (nSPS) is 13.2. The Hall–Kier alpha value is -2.43. The summed E-state index contributed by atoms with van der Waals surface area (Å²) in [5, 5.41) is 5.23. The summed E-state index contributed by atoms with van der Waals surface area (Å²) in [6.45, 7) is 5.92. The van der Waals surface area contributed by atoms with Crippen LogP contribution in [0.4, 0.5) is 5.69 Å². The molecule has 1 amide bonds. The predicted molar refractivity (Wildman–Crippen MR) is 109 cm³/mol. The van der Waals surface area contributed by atoms with Crippen LogP contribution < -0.4 is 10.2 Å². The van der Waals surface area contributed by atoms with Gasteiger partial charge >= 0.3 is 0 Å². The Labute approximate surface area is 159 Å². The van der Waals surface area contributed by atoms with Gasteiger partial charge in [0.15, 0.2) is 6.04 Å². The maximum absolute atomic E-state index is 12.9. The number of thiophene rings is 1. The second-order valence-corrected chi connectivity index (χ2v) is 7.42. The van der Waals surface area contributed by atoms with Crippen LogP contribution in [-0.2, 0) is 11.3 Å². The number of amides is 1. The lowest BCUT2D eigenvalue weighted by molar-refractivity contribution is -0.925. The summed E-state index contributed by atoms with van der Waals surface area (Å²) in [4.78, 5) is 15.5. The summed E-state index contributed by atoms with van der Waals surface area (Å²) in [6, 6.07) is 22.2. The van der Waals surface area contributed by atoms with Crippen molar-refractivity contribution in [3.05, 3.63) is 77.0 Å². The molecule has 0 radical (unpaired) electrons. The summed E-state index contributed by atoms with van der Waals surface area (Å²) in [7, 11) is 0. The van der Waals surface area contributed by atoms with Gasteiger partial charge in [0.05, 0.1) is 11.4 Å². The number of likely N-dealkylation sites (N-methyl/N-ethyl adjacent to an activating group) is 1. The molecule has 1 aromatic heterocycles. The Morgan fingerprint density at radius 1 is 1.04 bits per heavy atom. The molecule has 3 aromatic rings. The molecule has 1 heterocycles. The van der Waals surface area contributed by atoms with E-state index in [1.54, 1.807) is 11.3 Å². The first-order chi connectivity index (χ1) is 12.7. The van der Waals surface area contributed by atoms with Crippen LogP contribution in [0, 0.1) is 0 Å². The van der Waals surface area contributed by atoms with Crippen molar-refractivity contribution >= 4 is 22.9 Å². The highest BCUT2D eigenvalue weighted by molar-refractivity contribution is 7.09. The highest BCUT2D eigenvalue weighted by Gasteiger charge is 2.25. The van der Waals surface area contributed by atoms with Crippen LogP contribution in [0.25, 0.3) is 11.1 Å². The van der Waals surface area contributed by atoms with Gasteiger partial charge in [0, 0.05) is 11.3 Å². The van der Waals surface area contributed by atoms with E-state index < -0.39 is 0 Å². The van der Waals surface area contributed by atoms with E-state index >= 15 is 0 Å². The quantitative estimate of drug-likeness (QED) is 0.655. The van der Waals surface area contributed by atoms with Gasteiger partial charge in [0.2, 0.25) is 0 Å². The van der Waals surface area contributed by atoms with Gasteiger partial charge in [0.25, 0.3) is 5.91 Å². The number of hydrogen-bond donors (Lipinski definition) is 2. The molecule has 4 heteroatoms. The topological polar surface area (TPSA) is 33.5 Å². The fourth-order valence-electron chi connectivity index (χ4n) is 3.11. The minimum atomic E-state index is -0.120. The number of quaternary nitrogens is 1. The smallest absolute Gasteiger partial charge is 0.282 e. The lowest BCUT2D eigenvalue weighted by Gasteiger charge is -2.24. The molecule has 26 heavy (non-hydrogen) atoms. The summed E-state index contributed by atoms with van der Waals surface area (Å²) in [5.41, 5.74) is 3.02. The first-order valence-corrected chi connectivity index (χ1v) is 9.89. The SMILES string of the molecule is CC[NH+](Cc1cccs1)[C@@H](C)C(=O)Nc1ccccc1-c1ccccc1. The molecule has 0 bridgehead atoms. The minimum Gasteiger partial charge on any atom is -0.321 e. The maximum Gasteiger partial charge on any atom is 0.282 e. The van der Waals surface area contributed by atoms with Gasteiger partial charge in [-0.15, -0.1) is 11.3 Å². The molecular formula is C22H25N2OS+. The number of para-hydroxylation sites is 1. The standard InChI is InChI=1S/C22H24N2OS/c1-3-24(16-19-12-9-15-26-19)17(2)22(25)23-21-14-8-7-13-20(21)18-10-5-4-6-11-18/h4-15,17H,3,16H2,1-2H3,(H,23,25)/p+1/t17-/m0/s1. The highest BCUT2D eigenvalue weighted by atomic mass is 32.1. The van der Waals surface area contributed by atoms with Crippen LogP contribution in [0.15, 0.2) is 72.1 Å². The molecule has 1 unspecified atom stereocenters. The van der Waals surface area contributed by atoms with E-state index in [1.807, 2.05) is 49.4 Å². The third-order valence-corrected chi connectivity index (χ3v) is 5.59. The molecule has 0 aliphatic carbocycles. The van der Waals surface area contributed by atoms with Crippen molar-refractivity contribution in [1.29, 1.82) is 0 Å². The summed E-state index contributed by atoms with van der Waals surface area (Å²) in [5.74, 6) is 0.0572. The summed E-state index contributed by atoms with van der Waals surface area (Å²) >= 11 is 1.75. The molecule has 3 rings (SSSR count). The monoisotopic (exact) mass is 365 g/mol. The number of rotatable bonds is 7. The molecule has 2 atom stereocenters. The van der Waals surface area contributed by atoms with E-state index in [-0.39, 0.29) is 11.9 Å². The van der Waals surface area contributed by atoms with Crippen LogP contribution in [0.2, 0.25) is 0 Å². The van der Waals surface area contributed by atoms with Crippen molar-refractivity contribution in [2.75, 3.05) is 11.9 Å². The third-order valence-electron chi connectivity index (χ3n) is 4.71. The van der Waals surface area contributed by atoms with E-state index in [2.05, 4.69) is 41.9 Å². The van der Waals surface area contributed by atoms with Gasteiger partial charge < -0.3 is 10.2 Å². The van der Waals surface area contributed by atoms with Gasteiger partial charge in [0.1, 0.15) is 6.54 Å². The second-order valence-electron chi connectivity index (χ2n) is 6.39. The highest BCUT2D eigenvalue weighted by Crippen LogP contribution is 2.27. The van der Waals surface area contributed by atoms with Gasteiger partial charge in [-0.1, -0.05) is 54.6 Å². The number of carbonyl (C=O) groups excluding carboxylic acids is 1. The van der Waals surface area contributed by atoms with Gasteiger partial charge in [-0.25, -0.2) is 0 Å². The largest absolute Gasteiger partial charge is 0.321 e. The average molecular weight is 366 g/mol. The van der Waals surface area contributed by atoms with E-state index in [0.29, 0.717) is 0 Å². The van der Waals surface area contributed by atoms with Crippen LogP contribution in [-0.4, -0.2) is 18.5 Å². The lowest BCUT2D eigenvalue weighted by Crippen LogP contribution is -3.15. The molecule has 0 aliphatic heterocycles. The van der Waals surface area contributed by atoms with Crippen molar-refractivity contribution in [2.24, 2.45) is 0 Å². The molecule has 3 nitrogen and oxygen atoms in total. The van der Waals surface area contributed by atoms with E-state index in [4.69, 9.17) is 0 Å². The molecule has 0 fully saturated rings. The molecule has 0 spiro atoms. The zero-order valence-electron chi connectivity index (χ0n) is 15.2. The number of anilines is 1. The molecule has 0 saturated heterocycles. The van der Waals surface area contributed by atoms with E-state index in [9.17, 15) is 4.79 Å². The number of hydrogen-bond acceptors (Lipinski definition) is 2. The molecule has 134 valence electrons. The summed E-state index contributed by atoms with van der Waals surface area (Å²) in [6.07, 6.45) is 0. The van der Waals surface area contributed by atoms with E-state index in [0.717, 1.165) is 29.9 Å². The van der Waals surface area contributed by atoms with Crippen molar-refractivity contribution in [3.8, 4) is 11.1 Å². The number of nitrogens with one attached hydrogen (secondary N) is 2. The van der Waals surface area contributed by atoms with Crippen molar-refractivity contribution < 1.29 is 9.69 Å². The van der Waals surface area contributed by atoms with Gasteiger partial charge in [-0.3, -0.25) is 4.79 Å². The fraction of sp³-hybridized carbons (Fsp3) is 0.227. The predicted octanol–water partition coefficient (Wildman–Crippen LogP) is 3.85. The maximum atomic E-state index is 12.9. The van der Waals surface area contributed by atoms with Crippen LogP contribution in [0.5, 0.6) is 0 Å². The Balaban J connectivity index is 1.75. The first kappa shape index (κ1) is 18.4. The van der Waals surface area contributed by atoms with Crippen LogP contribution in [0.1, 0.15) is 18.7 Å². The molecule has 0 saturated carbocycles. The zero-order chi connectivity index (χ0) is 18.4. The van der Waals surface area contributed by atoms with Gasteiger partial charge in [-0.2, -0.15) is 0 Å². The second kappa shape index (κ2) is 8.79. The Morgan fingerprint density at radius 3 is 2.46 bits per heavy atom. The Morgan fingerprint density at radius 2 is 1.77 bits per heavy atom. The fourth-order valence-corrected chi connectivity index (χ4v) is 3.87. The van der Waals surface area contributed by atoms with Gasteiger partial charge in [-0.05, 0) is 36.9 Å². The zero-order valence-corrected chi connectivity index (χ0v) is 16.1. The Kier molecular flexibility index (Phi) is 6.21. The number of carbonyl (C=O) groups is 1. The van der Waals surface area contributed by atoms with E-state index in [1.165, 1.54) is 9.78 Å². The Bertz CT molecular complexity index is 830. The van der Waals surface area contributed by atoms with Crippen LogP contribution in [0.3, 0.4) is 0 Å². The third kappa shape index (κ3) is 4.40. The minimum absolute atomic E-state index is 0.0572. The molecule has 0 aliphatic rings.